The average molecular weight is 424 g/mol. The molecule has 0 bridgehead atoms. The molecular weight excluding hydrogens is 404 g/mol. The zero-order valence-electron chi connectivity index (χ0n) is 16.4. The molecule has 1 atom stereocenters. The molecule has 154 valence electrons. The smallest absolute Gasteiger partial charge is 0.272 e. The highest BCUT2D eigenvalue weighted by Crippen LogP contribution is 2.17. The number of aryl methyl sites for hydroxylation is 1. The third kappa shape index (κ3) is 4.78. The largest absolute Gasteiger partial charge is 0.481 e. The van der Waals surface area contributed by atoms with Crippen molar-refractivity contribution in [2.75, 3.05) is 17.1 Å². The Bertz CT molecular complexity index is 1100. The molecule has 0 aliphatic rings. The molecule has 1 amide bonds. The van der Waals surface area contributed by atoms with E-state index in [1.54, 1.807) is 37.3 Å². The van der Waals surface area contributed by atoms with Gasteiger partial charge in [-0.25, -0.2) is 14.2 Å². The highest BCUT2D eigenvalue weighted by atomic mass is 32.2. The molecule has 3 aromatic rings. The summed E-state index contributed by atoms with van der Waals surface area (Å²) in [6.45, 7) is 9.17. The maximum atomic E-state index is 12.5. The minimum atomic E-state index is -1.69. The molecule has 0 saturated carbocycles. The van der Waals surface area contributed by atoms with Crippen molar-refractivity contribution in [3.05, 3.63) is 66.3 Å². The lowest BCUT2D eigenvalue weighted by atomic mass is 10.2. The topological polar surface area (TPSA) is 122 Å². The fourth-order valence-electron chi connectivity index (χ4n) is 2.53. The van der Waals surface area contributed by atoms with E-state index in [0.717, 1.165) is 5.56 Å². The SMILES string of the molecule is C=Cc1cc(C(=O)Nc2ccc(S(=O)Nc3nc(C)cc(OC)n3)nc2)[nH]c1C=C. The highest BCUT2D eigenvalue weighted by molar-refractivity contribution is 7.86. The third-order valence-corrected chi connectivity index (χ3v) is 4.95. The van der Waals surface area contributed by atoms with E-state index in [1.165, 1.54) is 19.4 Å². The number of carbonyl (C=O) groups excluding carboxylic acids is 1. The summed E-state index contributed by atoms with van der Waals surface area (Å²) in [5.74, 6) is 0.170. The summed E-state index contributed by atoms with van der Waals surface area (Å²) in [5.41, 5.74) is 2.96. The molecular formula is C20H20N6O3S. The van der Waals surface area contributed by atoms with E-state index in [0.29, 0.717) is 28.6 Å². The van der Waals surface area contributed by atoms with Gasteiger partial charge in [0, 0.05) is 17.5 Å². The van der Waals surface area contributed by atoms with E-state index < -0.39 is 11.0 Å². The Morgan fingerprint density at radius 2 is 2.03 bits per heavy atom. The van der Waals surface area contributed by atoms with Crippen LogP contribution in [0.25, 0.3) is 12.2 Å². The molecule has 3 aromatic heterocycles. The van der Waals surface area contributed by atoms with Gasteiger partial charge in [0.2, 0.25) is 11.8 Å². The molecule has 1 unspecified atom stereocenters. The summed E-state index contributed by atoms with van der Waals surface area (Å²) in [5, 5.41) is 2.97. The second-order valence-electron chi connectivity index (χ2n) is 6.05. The maximum absolute atomic E-state index is 12.5. The summed E-state index contributed by atoms with van der Waals surface area (Å²) in [6.07, 6.45) is 4.66. The molecule has 0 spiro atoms. The first kappa shape index (κ1) is 20.9. The van der Waals surface area contributed by atoms with Crippen molar-refractivity contribution in [2.24, 2.45) is 0 Å². The lowest BCUT2D eigenvalue weighted by molar-refractivity contribution is 0.102. The number of aromatic amines is 1. The number of anilines is 2. The summed E-state index contributed by atoms with van der Waals surface area (Å²) in [6, 6.07) is 6.47. The normalized spacial score (nSPS) is 11.4. The average Bonchev–Trinajstić information content (AvgIpc) is 3.17. The van der Waals surface area contributed by atoms with Gasteiger partial charge in [0.05, 0.1) is 19.0 Å². The predicted molar refractivity (Wildman–Crippen MR) is 117 cm³/mol. The minimum absolute atomic E-state index is 0.159. The monoisotopic (exact) mass is 424 g/mol. The third-order valence-electron chi connectivity index (χ3n) is 3.96. The first-order valence-electron chi connectivity index (χ1n) is 8.77. The number of H-pyrrole nitrogens is 1. The molecule has 0 aliphatic heterocycles. The molecule has 3 N–H and O–H groups in total. The number of aromatic nitrogens is 4. The number of pyridine rings is 1. The van der Waals surface area contributed by atoms with E-state index in [2.05, 4.69) is 43.1 Å². The van der Waals surface area contributed by atoms with E-state index in [-0.39, 0.29) is 16.9 Å². The number of amides is 1. The van der Waals surface area contributed by atoms with Gasteiger partial charge >= 0.3 is 0 Å². The van der Waals surface area contributed by atoms with Crippen LogP contribution in [0.15, 0.2) is 48.6 Å². The van der Waals surface area contributed by atoms with Crippen molar-refractivity contribution in [2.45, 2.75) is 11.9 Å². The summed E-state index contributed by atoms with van der Waals surface area (Å²) in [7, 11) is -0.208. The van der Waals surface area contributed by atoms with Crippen molar-refractivity contribution in [3.63, 3.8) is 0 Å². The summed E-state index contributed by atoms with van der Waals surface area (Å²) in [4.78, 5) is 27.8. The molecule has 0 aromatic carbocycles. The number of nitrogens with zero attached hydrogens (tertiary/aromatic N) is 3. The molecule has 3 rings (SSSR count). The number of hydrogen-bond acceptors (Lipinski definition) is 6. The van der Waals surface area contributed by atoms with E-state index in [9.17, 15) is 9.00 Å². The highest BCUT2D eigenvalue weighted by Gasteiger charge is 2.13. The molecule has 30 heavy (non-hydrogen) atoms. The first-order chi connectivity index (χ1) is 14.4. The van der Waals surface area contributed by atoms with Gasteiger partial charge in [-0.2, -0.15) is 4.98 Å². The number of rotatable bonds is 8. The van der Waals surface area contributed by atoms with Crippen LogP contribution in [-0.4, -0.2) is 37.2 Å². The Kier molecular flexibility index (Phi) is 6.38. The van der Waals surface area contributed by atoms with Gasteiger partial charge in [0.25, 0.3) is 5.91 Å². The lowest BCUT2D eigenvalue weighted by Gasteiger charge is -2.08. The summed E-state index contributed by atoms with van der Waals surface area (Å²) < 4.78 is 20.2. The Hall–Kier alpha value is -3.79. The quantitative estimate of drug-likeness (QED) is 0.510. The van der Waals surface area contributed by atoms with Crippen molar-refractivity contribution in [3.8, 4) is 5.88 Å². The summed E-state index contributed by atoms with van der Waals surface area (Å²) >= 11 is 0. The van der Waals surface area contributed by atoms with Gasteiger partial charge in [0.1, 0.15) is 10.7 Å². The number of methoxy groups -OCH3 is 1. The van der Waals surface area contributed by atoms with Crippen molar-refractivity contribution in [1.82, 2.24) is 19.9 Å². The van der Waals surface area contributed by atoms with Crippen LogP contribution in [-0.2, 0) is 11.0 Å². The lowest BCUT2D eigenvalue weighted by Crippen LogP contribution is -2.13. The molecule has 10 heteroatoms. The van der Waals surface area contributed by atoms with Gasteiger partial charge in [0.15, 0.2) is 11.0 Å². The molecule has 0 saturated heterocycles. The molecule has 0 fully saturated rings. The van der Waals surface area contributed by atoms with Crippen LogP contribution in [0.2, 0.25) is 0 Å². The predicted octanol–water partition coefficient (Wildman–Crippen LogP) is 3.19. The van der Waals surface area contributed by atoms with E-state index in [1.807, 2.05) is 0 Å². The van der Waals surface area contributed by atoms with Crippen LogP contribution >= 0.6 is 0 Å². The van der Waals surface area contributed by atoms with Crippen LogP contribution < -0.4 is 14.8 Å². The fraction of sp³-hybridized carbons (Fsp3) is 0.100. The van der Waals surface area contributed by atoms with Crippen LogP contribution in [0, 0.1) is 6.92 Å². The van der Waals surface area contributed by atoms with E-state index >= 15 is 0 Å². The standard InChI is InChI=1S/C20H20N6O3S/c1-5-13-10-16(24-15(13)6-2)19(27)23-14-7-8-18(21-11-14)30(28)26-20-22-12(3)9-17(25-20)29-4/h5-11,24H,1-2H2,3-4H3,(H,23,27)(H,22,25,26). The van der Waals surface area contributed by atoms with E-state index in [4.69, 9.17) is 4.74 Å². The van der Waals surface area contributed by atoms with Crippen LogP contribution in [0.4, 0.5) is 11.6 Å². The number of ether oxygens (including phenoxy) is 1. The van der Waals surface area contributed by atoms with Crippen molar-refractivity contribution < 1.29 is 13.7 Å². The van der Waals surface area contributed by atoms with Gasteiger partial charge in [-0.05, 0) is 36.8 Å². The van der Waals surface area contributed by atoms with Gasteiger partial charge in [-0.15, -0.1) is 0 Å². The Morgan fingerprint density at radius 1 is 1.23 bits per heavy atom. The van der Waals surface area contributed by atoms with Crippen LogP contribution in [0.5, 0.6) is 5.88 Å². The number of carbonyl (C=O) groups is 1. The number of hydrogen-bond donors (Lipinski definition) is 3. The van der Waals surface area contributed by atoms with Gasteiger partial charge in [-0.1, -0.05) is 19.2 Å². The first-order valence-corrected chi connectivity index (χ1v) is 9.92. The second kappa shape index (κ2) is 9.14. The molecule has 3 heterocycles. The van der Waals surface area contributed by atoms with Gasteiger partial charge < -0.3 is 15.0 Å². The Morgan fingerprint density at radius 3 is 2.63 bits per heavy atom. The van der Waals surface area contributed by atoms with Crippen LogP contribution in [0.3, 0.4) is 0 Å². The van der Waals surface area contributed by atoms with Crippen molar-refractivity contribution >= 4 is 40.7 Å². The Labute approximate surface area is 175 Å². The zero-order valence-corrected chi connectivity index (χ0v) is 17.2. The molecule has 9 nitrogen and oxygen atoms in total. The fourth-order valence-corrected chi connectivity index (χ4v) is 3.24. The number of nitrogens with one attached hydrogen (secondary N) is 3. The van der Waals surface area contributed by atoms with Crippen molar-refractivity contribution in [1.29, 1.82) is 0 Å². The molecule has 0 aliphatic carbocycles. The second-order valence-corrected chi connectivity index (χ2v) is 7.21. The zero-order chi connectivity index (χ0) is 21.7. The van der Waals surface area contributed by atoms with Crippen LogP contribution in [0.1, 0.15) is 27.4 Å². The Balaban J connectivity index is 1.68. The maximum Gasteiger partial charge on any atom is 0.272 e. The van der Waals surface area contributed by atoms with Gasteiger partial charge in [-0.3, -0.25) is 9.52 Å². The minimum Gasteiger partial charge on any atom is -0.481 e. The molecule has 0 radical (unpaired) electrons.